The number of amides is 1. The molecule has 1 aromatic rings. The molecule has 0 saturated carbocycles. The topological polar surface area (TPSA) is 52.6 Å². The van der Waals surface area contributed by atoms with E-state index in [2.05, 4.69) is 5.32 Å². The Bertz CT molecular complexity index is 456. The fraction of sp³-hybridized carbons (Fsp3) is 0.417. The summed E-state index contributed by atoms with van der Waals surface area (Å²) in [5.74, 6) is -0.859. The summed E-state index contributed by atoms with van der Waals surface area (Å²) in [5, 5.41) is 12.1. The van der Waals surface area contributed by atoms with Crippen LogP contribution < -0.4 is 5.32 Å². The van der Waals surface area contributed by atoms with E-state index >= 15 is 0 Å². The van der Waals surface area contributed by atoms with Crippen molar-refractivity contribution in [2.45, 2.75) is 12.5 Å². The van der Waals surface area contributed by atoms with Gasteiger partial charge in [-0.1, -0.05) is 11.6 Å². The number of carbonyl (C=O) groups is 1. The SMILES string of the molecule is O=C(CN1CCC(O)C1)Nc1ccc(Cl)cc1F. The van der Waals surface area contributed by atoms with Crippen molar-refractivity contribution in [1.29, 1.82) is 0 Å². The highest BCUT2D eigenvalue weighted by Crippen LogP contribution is 2.19. The minimum absolute atomic E-state index is 0.115. The molecular weight excluding hydrogens is 259 g/mol. The first-order chi connectivity index (χ1) is 8.54. The number of β-amino-alcohol motifs (C(OH)–C–C–N with tert-alkyl or cyclic N) is 1. The van der Waals surface area contributed by atoms with Crippen molar-refractivity contribution in [3.05, 3.63) is 29.0 Å². The number of hydrogen-bond acceptors (Lipinski definition) is 3. The summed E-state index contributed by atoms with van der Waals surface area (Å²) in [6.45, 7) is 1.31. The summed E-state index contributed by atoms with van der Waals surface area (Å²) in [7, 11) is 0. The van der Waals surface area contributed by atoms with Crippen LogP contribution in [-0.2, 0) is 4.79 Å². The van der Waals surface area contributed by atoms with Gasteiger partial charge in [-0.25, -0.2) is 4.39 Å². The maximum atomic E-state index is 13.4. The van der Waals surface area contributed by atoms with E-state index in [-0.39, 0.29) is 29.3 Å². The third-order valence-corrected chi connectivity index (χ3v) is 3.06. The first-order valence-electron chi connectivity index (χ1n) is 5.70. The second-order valence-corrected chi connectivity index (χ2v) is 4.79. The fourth-order valence-electron chi connectivity index (χ4n) is 1.94. The number of anilines is 1. The van der Waals surface area contributed by atoms with Gasteiger partial charge in [-0.3, -0.25) is 9.69 Å². The molecule has 2 rings (SSSR count). The number of rotatable bonds is 3. The molecule has 1 atom stereocenters. The molecule has 1 heterocycles. The molecule has 6 heteroatoms. The molecule has 1 amide bonds. The summed E-state index contributed by atoms with van der Waals surface area (Å²) >= 11 is 5.62. The van der Waals surface area contributed by atoms with Crippen molar-refractivity contribution in [2.75, 3.05) is 25.0 Å². The highest BCUT2D eigenvalue weighted by molar-refractivity contribution is 6.30. The minimum Gasteiger partial charge on any atom is -0.392 e. The van der Waals surface area contributed by atoms with Crippen LogP contribution in [0.3, 0.4) is 0 Å². The van der Waals surface area contributed by atoms with E-state index in [1.54, 1.807) is 0 Å². The molecule has 0 aliphatic carbocycles. The van der Waals surface area contributed by atoms with Crippen LogP contribution in [0.25, 0.3) is 0 Å². The van der Waals surface area contributed by atoms with Crippen molar-refractivity contribution in [3.8, 4) is 0 Å². The summed E-state index contributed by atoms with van der Waals surface area (Å²) < 4.78 is 13.4. The number of nitrogens with one attached hydrogen (secondary N) is 1. The Kier molecular flexibility index (Phi) is 4.16. The zero-order valence-corrected chi connectivity index (χ0v) is 10.5. The Hall–Kier alpha value is -1.17. The zero-order chi connectivity index (χ0) is 13.1. The van der Waals surface area contributed by atoms with E-state index in [0.717, 1.165) is 6.07 Å². The summed E-state index contributed by atoms with van der Waals surface area (Å²) in [6, 6.07) is 4.09. The van der Waals surface area contributed by atoms with Crippen LogP contribution in [0.2, 0.25) is 5.02 Å². The van der Waals surface area contributed by atoms with Crippen molar-refractivity contribution in [1.82, 2.24) is 4.90 Å². The zero-order valence-electron chi connectivity index (χ0n) is 9.70. The quantitative estimate of drug-likeness (QED) is 0.876. The number of benzene rings is 1. The van der Waals surface area contributed by atoms with E-state index < -0.39 is 5.82 Å². The lowest BCUT2D eigenvalue weighted by Crippen LogP contribution is -2.32. The van der Waals surface area contributed by atoms with Gasteiger partial charge in [-0.2, -0.15) is 0 Å². The number of aliphatic hydroxyl groups excluding tert-OH is 1. The average Bonchev–Trinajstić information content (AvgIpc) is 2.68. The van der Waals surface area contributed by atoms with E-state index in [1.807, 2.05) is 4.90 Å². The van der Waals surface area contributed by atoms with E-state index in [4.69, 9.17) is 11.6 Å². The lowest BCUT2D eigenvalue weighted by molar-refractivity contribution is -0.117. The monoisotopic (exact) mass is 272 g/mol. The van der Waals surface area contributed by atoms with Gasteiger partial charge in [0.15, 0.2) is 0 Å². The fourth-order valence-corrected chi connectivity index (χ4v) is 2.10. The summed E-state index contributed by atoms with van der Waals surface area (Å²) in [6.07, 6.45) is 0.299. The lowest BCUT2D eigenvalue weighted by atomic mass is 10.3. The molecule has 1 saturated heterocycles. The second kappa shape index (κ2) is 5.65. The summed E-state index contributed by atoms with van der Waals surface area (Å²) in [5.41, 5.74) is 0.115. The third kappa shape index (κ3) is 3.41. The number of likely N-dealkylation sites (tertiary alicyclic amines) is 1. The Morgan fingerprint density at radius 3 is 3.00 bits per heavy atom. The van der Waals surface area contributed by atoms with E-state index in [9.17, 15) is 14.3 Å². The molecular formula is C12H14ClFN2O2. The molecule has 98 valence electrons. The average molecular weight is 273 g/mol. The van der Waals surface area contributed by atoms with Gasteiger partial charge >= 0.3 is 0 Å². The van der Waals surface area contributed by atoms with Crippen LogP contribution in [0, 0.1) is 5.82 Å². The van der Waals surface area contributed by atoms with Crippen LogP contribution in [0.5, 0.6) is 0 Å². The van der Waals surface area contributed by atoms with E-state index in [1.165, 1.54) is 12.1 Å². The van der Waals surface area contributed by atoms with Crippen LogP contribution in [-0.4, -0.2) is 41.7 Å². The third-order valence-electron chi connectivity index (χ3n) is 2.82. The Morgan fingerprint density at radius 2 is 2.39 bits per heavy atom. The number of carbonyl (C=O) groups excluding carboxylic acids is 1. The van der Waals surface area contributed by atoms with Crippen molar-refractivity contribution in [2.24, 2.45) is 0 Å². The second-order valence-electron chi connectivity index (χ2n) is 4.35. The molecule has 0 aromatic heterocycles. The normalized spacial score (nSPS) is 20.1. The van der Waals surface area contributed by atoms with Gasteiger partial charge in [-0.05, 0) is 24.6 Å². The molecule has 1 aliphatic heterocycles. The molecule has 18 heavy (non-hydrogen) atoms. The van der Waals surface area contributed by atoms with Crippen LogP contribution in [0.15, 0.2) is 18.2 Å². The highest BCUT2D eigenvalue weighted by Gasteiger charge is 2.22. The van der Waals surface area contributed by atoms with Gasteiger partial charge in [0.05, 0.1) is 18.3 Å². The molecule has 1 unspecified atom stereocenters. The smallest absolute Gasteiger partial charge is 0.238 e. The summed E-state index contributed by atoms with van der Waals surface area (Å²) in [4.78, 5) is 13.5. The molecule has 0 spiro atoms. The Labute approximate surface area is 109 Å². The van der Waals surface area contributed by atoms with Crippen molar-refractivity contribution >= 4 is 23.2 Å². The number of nitrogens with zero attached hydrogens (tertiary/aromatic N) is 1. The standard InChI is InChI=1S/C12H14ClFN2O2/c13-8-1-2-11(10(14)5-8)15-12(18)7-16-4-3-9(17)6-16/h1-2,5,9,17H,3-4,6-7H2,(H,15,18). The molecule has 4 nitrogen and oxygen atoms in total. The maximum Gasteiger partial charge on any atom is 0.238 e. The highest BCUT2D eigenvalue weighted by atomic mass is 35.5. The van der Waals surface area contributed by atoms with Gasteiger partial charge in [0.25, 0.3) is 0 Å². The van der Waals surface area contributed by atoms with Gasteiger partial charge < -0.3 is 10.4 Å². The number of halogens is 2. The number of hydrogen-bond donors (Lipinski definition) is 2. The van der Waals surface area contributed by atoms with Crippen LogP contribution in [0.4, 0.5) is 10.1 Å². The largest absolute Gasteiger partial charge is 0.392 e. The lowest BCUT2D eigenvalue weighted by Gasteiger charge is -2.14. The van der Waals surface area contributed by atoms with Crippen molar-refractivity contribution in [3.63, 3.8) is 0 Å². The van der Waals surface area contributed by atoms with Gasteiger partial charge in [0.1, 0.15) is 5.82 Å². The molecule has 0 bridgehead atoms. The Morgan fingerprint density at radius 1 is 1.61 bits per heavy atom. The minimum atomic E-state index is -0.558. The van der Waals surface area contributed by atoms with Crippen LogP contribution in [0.1, 0.15) is 6.42 Å². The van der Waals surface area contributed by atoms with Gasteiger partial charge in [0, 0.05) is 18.1 Å². The van der Waals surface area contributed by atoms with Gasteiger partial charge in [-0.15, -0.1) is 0 Å². The number of aliphatic hydroxyl groups is 1. The van der Waals surface area contributed by atoms with Gasteiger partial charge in [0.2, 0.25) is 5.91 Å². The first-order valence-corrected chi connectivity index (χ1v) is 6.08. The predicted molar refractivity (Wildman–Crippen MR) is 67.1 cm³/mol. The predicted octanol–water partition coefficient (Wildman–Crippen LogP) is 1.48. The first kappa shape index (κ1) is 13.3. The molecule has 1 aromatic carbocycles. The van der Waals surface area contributed by atoms with Crippen LogP contribution >= 0.6 is 11.6 Å². The molecule has 1 aliphatic rings. The van der Waals surface area contributed by atoms with Crippen molar-refractivity contribution < 1.29 is 14.3 Å². The molecule has 1 fully saturated rings. The molecule has 2 N–H and O–H groups in total. The Balaban J connectivity index is 1.91. The molecule has 0 radical (unpaired) electrons. The van der Waals surface area contributed by atoms with E-state index in [0.29, 0.717) is 19.5 Å². The maximum absolute atomic E-state index is 13.4.